The Kier molecular flexibility index (Phi) is 4.74. The van der Waals surface area contributed by atoms with Gasteiger partial charge in [0.15, 0.2) is 0 Å². The molecule has 0 aromatic heterocycles. The number of sulfonamides is 1. The van der Waals surface area contributed by atoms with Gasteiger partial charge in [-0.05, 0) is 65.1 Å². The van der Waals surface area contributed by atoms with Crippen LogP contribution in [-0.2, 0) is 10.0 Å². The lowest BCUT2D eigenvalue weighted by Gasteiger charge is -2.10. The molecule has 0 atom stereocenters. The van der Waals surface area contributed by atoms with Gasteiger partial charge in [0.2, 0.25) is 0 Å². The molecular weight excluding hydrogens is 413 g/mol. The van der Waals surface area contributed by atoms with Crippen molar-refractivity contribution in [3.05, 3.63) is 51.1 Å². The summed E-state index contributed by atoms with van der Waals surface area (Å²) in [6, 6.07) is 11.1. The van der Waals surface area contributed by atoms with E-state index in [-0.39, 0.29) is 4.90 Å². The molecule has 2 aromatic carbocycles. The number of benzene rings is 2. The van der Waals surface area contributed by atoms with E-state index in [0.29, 0.717) is 16.4 Å². The Morgan fingerprint density at radius 1 is 1.10 bits per heavy atom. The number of hydrazine groups is 1. The predicted octanol–water partition coefficient (Wildman–Crippen LogP) is 3.03. The fraction of sp³-hybridized carbons (Fsp3) is 0. The minimum atomic E-state index is -3.68. The van der Waals surface area contributed by atoms with Crippen LogP contribution in [0.25, 0.3) is 0 Å². The van der Waals surface area contributed by atoms with Crippen molar-refractivity contribution in [1.29, 1.82) is 0 Å². The third kappa shape index (κ3) is 3.54. The van der Waals surface area contributed by atoms with E-state index in [9.17, 15) is 8.42 Å². The van der Waals surface area contributed by atoms with Crippen molar-refractivity contribution in [3.8, 4) is 0 Å². The summed E-state index contributed by atoms with van der Waals surface area (Å²) in [5.74, 6) is 5.23. The number of hydrogen-bond acceptors (Lipinski definition) is 4. The van der Waals surface area contributed by atoms with Gasteiger partial charge in [-0.25, -0.2) is 8.42 Å². The van der Waals surface area contributed by atoms with Crippen LogP contribution in [0.15, 0.2) is 47.4 Å². The van der Waals surface area contributed by atoms with Gasteiger partial charge in [0.1, 0.15) is 0 Å². The Hall–Kier alpha value is -1.03. The van der Waals surface area contributed by atoms with Gasteiger partial charge in [-0.3, -0.25) is 10.6 Å². The monoisotopic (exact) mass is 423 g/mol. The van der Waals surface area contributed by atoms with Gasteiger partial charge in [-0.2, -0.15) is 0 Å². The van der Waals surface area contributed by atoms with Crippen LogP contribution in [0.5, 0.6) is 0 Å². The lowest BCUT2D eigenvalue weighted by atomic mass is 10.3. The van der Waals surface area contributed by atoms with Gasteiger partial charge >= 0.3 is 0 Å². The predicted molar refractivity (Wildman–Crippen MR) is 89.2 cm³/mol. The quantitative estimate of drug-likeness (QED) is 0.401. The number of nitrogens with two attached hydrogens (primary N) is 1. The highest BCUT2D eigenvalue weighted by atomic mass is 127. The molecule has 0 saturated heterocycles. The Balaban J connectivity index is 2.30. The number of rotatable bonds is 4. The summed E-state index contributed by atoms with van der Waals surface area (Å²) in [7, 11) is -3.68. The molecule has 2 aromatic rings. The van der Waals surface area contributed by atoms with Crippen LogP contribution in [0.3, 0.4) is 0 Å². The van der Waals surface area contributed by atoms with E-state index in [1.807, 2.05) is 0 Å². The molecule has 0 fully saturated rings. The van der Waals surface area contributed by atoms with Crippen LogP contribution >= 0.6 is 34.2 Å². The van der Waals surface area contributed by atoms with Gasteiger partial charge in [0.05, 0.1) is 15.6 Å². The molecule has 0 spiro atoms. The summed E-state index contributed by atoms with van der Waals surface area (Å²) in [5.41, 5.74) is 3.40. The van der Waals surface area contributed by atoms with Crippen molar-refractivity contribution >= 4 is 55.6 Å². The largest absolute Gasteiger partial charge is 0.324 e. The second-order valence-electron chi connectivity index (χ2n) is 3.90. The van der Waals surface area contributed by atoms with Crippen molar-refractivity contribution in [1.82, 2.24) is 0 Å². The summed E-state index contributed by atoms with van der Waals surface area (Å²) in [5, 5.41) is 0.348. The van der Waals surface area contributed by atoms with E-state index in [1.165, 1.54) is 12.1 Å². The SMILES string of the molecule is NNc1ccc(S(=O)(=O)Nc2ccc(I)cc2Cl)cc1. The average Bonchev–Trinajstić information content (AvgIpc) is 2.42. The highest BCUT2D eigenvalue weighted by Crippen LogP contribution is 2.26. The highest BCUT2D eigenvalue weighted by molar-refractivity contribution is 14.1. The maximum Gasteiger partial charge on any atom is 0.261 e. The first-order valence-corrected chi connectivity index (χ1v) is 8.41. The molecule has 5 nitrogen and oxygen atoms in total. The molecule has 8 heteroatoms. The fourth-order valence-corrected chi connectivity index (χ4v) is 3.55. The van der Waals surface area contributed by atoms with Gasteiger partial charge in [-0.15, -0.1) is 0 Å². The molecule has 20 heavy (non-hydrogen) atoms. The first-order valence-electron chi connectivity index (χ1n) is 5.47. The third-order valence-corrected chi connectivity index (χ3v) is 4.87. The molecule has 2 rings (SSSR count). The standard InChI is InChI=1S/C12H11ClIN3O2S/c13-11-7-8(14)1-6-12(11)17-20(18,19)10-4-2-9(16-15)3-5-10/h1-7,16-17H,15H2. The third-order valence-electron chi connectivity index (χ3n) is 2.51. The number of halogens is 2. The molecule has 0 unspecified atom stereocenters. The number of anilines is 2. The first kappa shape index (κ1) is 15.4. The average molecular weight is 424 g/mol. The van der Waals surface area contributed by atoms with E-state index >= 15 is 0 Å². The smallest absolute Gasteiger partial charge is 0.261 e. The second-order valence-corrected chi connectivity index (χ2v) is 7.23. The molecule has 0 bridgehead atoms. The van der Waals surface area contributed by atoms with E-state index in [0.717, 1.165) is 3.57 Å². The van der Waals surface area contributed by atoms with Crippen LogP contribution < -0.4 is 16.0 Å². The summed E-state index contributed by atoms with van der Waals surface area (Å²) in [4.78, 5) is 0.131. The van der Waals surface area contributed by atoms with E-state index in [4.69, 9.17) is 17.4 Å². The molecule has 0 aliphatic carbocycles. The maximum atomic E-state index is 12.2. The molecule has 0 amide bonds. The lowest BCUT2D eigenvalue weighted by Crippen LogP contribution is -2.13. The number of hydrogen-bond donors (Lipinski definition) is 3. The molecular formula is C12H11ClIN3O2S. The first-order chi connectivity index (χ1) is 9.42. The molecule has 0 saturated carbocycles. The molecule has 0 radical (unpaired) electrons. The minimum Gasteiger partial charge on any atom is -0.324 e. The van der Waals surface area contributed by atoms with E-state index in [2.05, 4.69) is 32.7 Å². The zero-order chi connectivity index (χ0) is 14.8. The number of nitrogens with one attached hydrogen (secondary N) is 2. The lowest BCUT2D eigenvalue weighted by molar-refractivity contribution is 0.601. The highest BCUT2D eigenvalue weighted by Gasteiger charge is 2.15. The van der Waals surface area contributed by atoms with Gasteiger partial charge in [0.25, 0.3) is 10.0 Å². The number of nitrogen functional groups attached to an aromatic ring is 1. The van der Waals surface area contributed by atoms with Gasteiger partial charge in [-0.1, -0.05) is 11.6 Å². The molecule has 4 N–H and O–H groups in total. The minimum absolute atomic E-state index is 0.131. The topological polar surface area (TPSA) is 84.2 Å². The van der Waals surface area contributed by atoms with E-state index < -0.39 is 10.0 Å². The summed E-state index contributed by atoms with van der Waals surface area (Å²) < 4.78 is 27.8. The van der Waals surface area contributed by atoms with E-state index in [1.54, 1.807) is 30.3 Å². The normalized spacial score (nSPS) is 11.2. The summed E-state index contributed by atoms with van der Waals surface area (Å²) in [6.45, 7) is 0. The van der Waals surface area contributed by atoms with Crippen LogP contribution in [0.1, 0.15) is 0 Å². The Labute approximate surface area is 135 Å². The van der Waals surface area contributed by atoms with Crippen LogP contribution in [0.4, 0.5) is 11.4 Å². The van der Waals surface area contributed by atoms with Crippen molar-refractivity contribution in [3.63, 3.8) is 0 Å². The Bertz CT molecular complexity index is 720. The van der Waals surface area contributed by atoms with Crippen molar-refractivity contribution < 1.29 is 8.42 Å². The summed E-state index contributed by atoms with van der Waals surface area (Å²) >= 11 is 8.11. The molecule has 0 aliphatic heterocycles. The van der Waals surface area contributed by atoms with Crippen LogP contribution in [0, 0.1) is 3.57 Å². The Morgan fingerprint density at radius 2 is 1.75 bits per heavy atom. The summed E-state index contributed by atoms with van der Waals surface area (Å²) in [6.07, 6.45) is 0. The van der Waals surface area contributed by atoms with Crippen molar-refractivity contribution in [2.24, 2.45) is 5.84 Å². The second kappa shape index (κ2) is 6.17. The van der Waals surface area contributed by atoms with Crippen LogP contribution in [0.2, 0.25) is 5.02 Å². The zero-order valence-electron chi connectivity index (χ0n) is 10.1. The van der Waals surface area contributed by atoms with Gasteiger partial charge < -0.3 is 5.43 Å². The van der Waals surface area contributed by atoms with Crippen LogP contribution in [-0.4, -0.2) is 8.42 Å². The van der Waals surface area contributed by atoms with Crippen molar-refractivity contribution in [2.45, 2.75) is 4.90 Å². The Morgan fingerprint density at radius 3 is 2.30 bits per heavy atom. The zero-order valence-corrected chi connectivity index (χ0v) is 13.8. The molecule has 0 heterocycles. The van der Waals surface area contributed by atoms with Crippen molar-refractivity contribution in [2.75, 3.05) is 10.1 Å². The molecule has 106 valence electrons. The molecule has 0 aliphatic rings. The van der Waals surface area contributed by atoms with Gasteiger partial charge in [0, 0.05) is 9.26 Å². The fourth-order valence-electron chi connectivity index (χ4n) is 1.51. The maximum absolute atomic E-state index is 12.2.